The van der Waals surface area contributed by atoms with Crippen LogP contribution in [-0.4, -0.2) is 18.2 Å². The third-order valence-electron chi connectivity index (χ3n) is 3.86. The Hall–Kier alpha value is -3.27. The van der Waals surface area contributed by atoms with Crippen molar-refractivity contribution in [2.75, 3.05) is 7.11 Å². The molecule has 3 aromatic carbocycles. The predicted octanol–water partition coefficient (Wildman–Crippen LogP) is 4.49. The van der Waals surface area contributed by atoms with Gasteiger partial charge in [0.2, 0.25) is 0 Å². The van der Waals surface area contributed by atoms with Crippen molar-refractivity contribution in [3.05, 3.63) is 84.1 Å². The number of carboxylic acids is 1. The van der Waals surface area contributed by atoms with Gasteiger partial charge in [-0.25, -0.2) is 4.79 Å². The number of hydrogen-bond donors (Lipinski definition) is 1. The quantitative estimate of drug-likeness (QED) is 0.533. The van der Waals surface area contributed by atoms with Gasteiger partial charge < -0.3 is 14.6 Å². The van der Waals surface area contributed by atoms with Gasteiger partial charge in [-0.3, -0.25) is 0 Å². The molecule has 0 aliphatic carbocycles. The molecule has 1 N–H and O–H groups in total. The van der Waals surface area contributed by atoms with Crippen LogP contribution >= 0.6 is 0 Å². The lowest BCUT2D eigenvalue weighted by Gasteiger charge is -2.11. The molecule has 25 heavy (non-hydrogen) atoms. The van der Waals surface area contributed by atoms with E-state index in [2.05, 4.69) is 0 Å². The van der Waals surface area contributed by atoms with E-state index in [1.54, 1.807) is 6.07 Å². The van der Waals surface area contributed by atoms with Crippen molar-refractivity contribution in [1.29, 1.82) is 0 Å². The minimum absolute atomic E-state index is 0.105. The van der Waals surface area contributed by atoms with Crippen molar-refractivity contribution in [2.45, 2.75) is 6.61 Å². The average Bonchev–Trinajstić information content (AvgIpc) is 2.64. The Labute approximate surface area is 145 Å². The number of benzene rings is 3. The Balaban J connectivity index is 1.97. The molecule has 0 spiro atoms. The summed E-state index contributed by atoms with van der Waals surface area (Å²) in [6, 6.07) is 21.1. The zero-order chi connectivity index (χ0) is 17.6. The first-order valence-corrected chi connectivity index (χ1v) is 7.85. The van der Waals surface area contributed by atoms with Gasteiger partial charge in [-0.15, -0.1) is 0 Å². The topological polar surface area (TPSA) is 55.8 Å². The van der Waals surface area contributed by atoms with E-state index < -0.39 is 5.97 Å². The summed E-state index contributed by atoms with van der Waals surface area (Å²) in [5.41, 5.74) is 1.77. The van der Waals surface area contributed by atoms with Gasteiger partial charge in [0, 0.05) is 5.56 Å². The van der Waals surface area contributed by atoms with Crippen LogP contribution in [0.15, 0.2) is 73.0 Å². The number of hydrogen-bond acceptors (Lipinski definition) is 3. The molecule has 0 heterocycles. The molecule has 0 aromatic heterocycles. The normalized spacial score (nSPS) is 11.3. The van der Waals surface area contributed by atoms with E-state index in [0.717, 1.165) is 16.3 Å². The molecule has 0 unspecified atom stereocenters. The van der Waals surface area contributed by atoms with Crippen molar-refractivity contribution in [1.82, 2.24) is 0 Å². The van der Waals surface area contributed by atoms with E-state index in [1.165, 1.54) is 13.4 Å². The number of carboxylic acid groups (broad SMARTS) is 1. The van der Waals surface area contributed by atoms with Gasteiger partial charge in [0.25, 0.3) is 0 Å². The molecular formula is C21H18O4. The summed E-state index contributed by atoms with van der Waals surface area (Å²) in [5.74, 6) is -0.351. The minimum Gasteiger partial charge on any atom is -0.503 e. The van der Waals surface area contributed by atoms with Gasteiger partial charge in [0.05, 0.1) is 13.4 Å². The van der Waals surface area contributed by atoms with Crippen molar-refractivity contribution in [2.24, 2.45) is 0 Å². The summed E-state index contributed by atoms with van der Waals surface area (Å²) in [7, 11) is 1.43. The van der Waals surface area contributed by atoms with Gasteiger partial charge in [-0.2, -0.15) is 0 Å². The van der Waals surface area contributed by atoms with E-state index >= 15 is 0 Å². The number of aliphatic carboxylic acids is 1. The van der Waals surface area contributed by atoms with Gasteiger partial charge in [-0.1, -0.05) is 54.6 Å². The van der Waals surface area contributed by atoms with Crippen LogP contribution in [0.25, 0.3) is 16.3 Å². The van der Waals surface area contributed by atoms with Crippen LogP contribution < -0.4 is 4.74 Å². The van der Waals surface area contributed by atoms with Crippen LogP contribution in [0.4, 0.5) is 0 Å². The standard InChI is InChI=1S/C21H18O4/c1-24-14-20(21(22)23)18-9-5-8-16-10-11-17(12-19(16)18)25-13-15-6-3-2-4-7-15/h2-12,14H,13H2,1H3,(H,22,23). The van der Waals surface area contributed by atoms with Crippen LogP contribution in [0.1, 0.15) is 11.1 Å². The zero-order valence-corrected chi connectivity index (χ0v) is 13.8. The summed E-state index contributed by atoms with van der Waals surface area (Å²) >= 11 is 0. The fraction of sp³-hybridized carbons (Fsp3) is 0.0952. The molecule has 0 saturated heterocycles. The Morgan fingerprint density at radius 1 is 1.04 bits per heavy atom. The molecule has 0 atom stereocenters. The number of carbonyl (C=O) groups is 1. The van der Waals surface area contributed by atoms with Crippen LogP contribution in [0.5, 0.6) is 5.75 Å². The molecule has 4 heteroatoms. The van der Waals surface area contributed by atoms with Crippen molar-refractivity contribution >= 4 is 22.3 Å². The summed E-state index contributed by atoms with van der Waals surface area (Å²) in [5, 5.41) is 11.2. The second-order valence-electron chi connectivity index (χ2n) is 5.54. The molecule has 3 rings (SSSR count). The van der Waals surface area contributed by atoms with Crippen molar-refractivity contribution in [3.8, 4) is 5.75 Å². The van der Waals surface area contributed by atoms with Gasteiger partial charge in [-0.05, 0) is 28.5 Å². The molecule has 0 amide bonds. The van der Waals surface area contributed by atoms with Crippen LogP contribution in [0.3, 0.4) is 0 Å². The largest absolute Gasteiger partial charge is 0.503 e. The number of rotatable bonds is 6. The lowest BCUT2D eigenvalue weighted by atomic mass is 9.99. The molecule has 0 aliphatic rings. The highest BCUT2D eigenvalue weighted by Gasteiger charge is 2.14. The van der Waals surface area contributed by atoms with E-state index in [4.69, 9.17) is 9.47 Å². The Morgan fingerprint density at radius 2 is 1.84 bits per heavy atom. The lowest BCUT2D eigenvalue weighted by molar-refractivity contribution is -0.130. The van der Waals surface area contributed by atoms with Crippen LogP contribution in [-0.2, 0) is 16.1 Å². The summed E-state index contributed by atoms with van der Waals surface area (Å²) in [4.78, 5) is 11.5. The van der Waals surface area contributed by atoms with E-state index in [0.29, 0.717) is 17.9 Å². The maximum atomic E-state index is 11.5. The average molecular weight is 334 g/mol. The smallest absolute Gasteiger partial charge is 0.339 e. The minimum atomic E-state index is -1.04. The molecule has 0 fully saturated rings. The van der Waals surface area contributed by atoms with Gasteiger partial charge in [0.15, 0.2) is 0 Å². The second-order valence-corrected chi connectivity index (χ2v) is 5.54. The molecule has 0 saturated carbocycles. The summed E-state index contributed by atoms with van der Waals surface area (Å²) < 4.78 is 10.8. The fourth-order valence-electron chi connectivity index (χ4n) is 2.66. The monoisotopic (exact) mass is 334 g/mol. The zero-order valence-electron chi connectivity index (χ0n) is 13.8. The predicted molar refractivity (Wildman–Crippen MR) is 97.3 cm³/mol. The summed E-state index contributed by atoms with van der Waals surface area (Å²) in [6.45, 7) is 0.453. The Morgan fingerprint density at radius 3 is 2.56 bits per heavy atom. The van der Waals surface area contributed by atoms with Crippen molar-refractivity contribution < 1.29 is 19.4 Å². The second kappa shape index (κ2) is 7.53. The first-order chi connectivity index (χ1) is 12.2. The maximum absolute atomic E-state index is 11.5. The van der Waals surface area contributed by atoms with E-state index in [9.17, 15) is 9.90 Å². The molecule has 3 aromatic rings. The van der Waals surface area contributed by atoms with Crippen molar-refractivity contribution in [3.63, 3.8) is 0 Å². The highest BCUT2D eigenvalue weighted by molar-refractivity contribution is 6.19. The highest BCUT2D eigenvalue weighted by Crippen LogP contribution is 2.29. The first-order valence-electron chi connectivity index (χ1n) is 7.85. The molecule has 0 aliphatic heterocycles. The molecule has 0 bridgehead atoms. The highest BCUT2D eigenvalue weighted by atomic mass is 16.5. The third-order valence-corrected chi connectivity index (χ3v) is 3.86. The molecule has 0 radical (unpaired) electrons. The van der Waals surface area contributed by atoms with Crippen LogP contribution in [0, 0.1) is 0 Å². The van der Waals surface area contributed by atoms with Gasteiger partial charge in [0.1, 0.15) is 17.9 Å². The van der Waals surface area contributed by atoms with E-state index in [-0.39, 0.29) is 5.57 Å². The summed E-state index contributed by atoms with van der Waals surface area (Å²) in [6.07, 6.45) is 1.24. The van der Waals surface area contributed by atoms with Crippen LogP contribution in [0.2, 0.25) is 0 Å². The Bertz CT molecular complexity index is 914. The number of fused-ring (bicyclic) bond motifs is 1. The van der Waals surface area contributed by atoms with E-state index in [1.807, 2.05) is 60.7 Å². The fourth-order valence-corrected chi connectivity index (χ4v) is 2.66. The third kappa shape index (κ3) is 3.80. The Kier molecular flexibility index (Phi) is 5.00. The van der Waals surface area contributed by atoms with Gasteiger partial charge >= 0.3 is 5.97 Å². The SMILES string of the molecule is COC=C(C(=O)O)c1cccc2ccc(OCc3ccccc3)cc12. The lowest BCUT2D eigenvalue weighted by Crippen LogP contribution is -2.01. The molecule has 4 nitrogen and oxygen atoms in total. The number of methoxy groups -OCH3 is 1. The molecule has 126 valence electrons. The first kappa shape index (κ1) is 16.6. The number of ether oxygens (including phenoxy) is 2. The maximum Gasteiger partial charge on any atom is 0.339 e. The molecular weight excluding hydrogens is 316 g/mol.